The number of nitrogens with one attached hydrogen (secondary N) is 1. The molecule has 0 bridgehead atoms. The van der Waals surface area contributed by atoms with Crippen molar-refractivity contribution in [3.05, 3.63) is 59.7 Å². The summed E-state index contributed by atoms with van der Waals surface area (Å²) in [5.74, 6) is -3.25. The number of anilines is 1. The highest BCUT2D eigenvalue weighted by Crippen LogP contribution is 2.23. The monoisotopic (exact) mass is 315 g/mol. The summed E-state index contributed by atoms with van der Waals surface area (Å²) in [5, 5.41) is 2.13. The van der Waals surface area contributed by atoms with Crippen LogP contribution in [0.5, 0.6) is 0 Å². The lowest BCUT2D eigenvalue weighted by Gasteiger charge is -2.08. The maximum absolute atomic E-state index is 13.1. The summed E-state index contributed by atoms with van der Waals surface area (Å²) in [6, 6.07) is 7.22. The summed E-state index contributed by atoms with van der Waals surface area (Å²) in [4.78, 5) is 11.1. The molecule has 0 heterocycles. The second kappa shape index (κ2) is 5.57. The zero-order valence-corrected chi connectivity index (χ0v) is 11.1. The largest absolute Gasteiger partial charge is 0.334 e. The molecule has 1 amide bonds. The Morgan fingerprint density at radius 2 is 1.67 bits per heavy atom. The second-order valence-corrected chi connectivity index (χ2v) is 5.33. The Morgan fingerprint density at radius 1 is 1.00 bits per heavy atom. The number of rotatable bonds is 3. The van der Waals surface area contributed by atoms with Crippen LogP contribution in [-0.2, 0) is 10.2 Å². The van der Waals surface area contributed by atoms with E-state index in [1.807, 2.05) is 0 Å². The van der Waals surface area contributed by atoms with Crippen molar-refractivity contribution >= 4 is 21.8 Å². The van der Waals surface area contributed by atoms with Gasteiger partial charge in [-0.3, -0.25) is 4.79 Å². The minimum atomic E-state index is -5.02. The number of halogens is 3. The van der Waals surface area contributed by atoms with Gasteiger partial charge in [0.05, 0.1) is 5.69 Å². The Kier molecular flexibility index (Phi) is 3.99. The molecule has 0 aliphatic carbocycles. The van der Waals surface area contributed by atoms with Gasteiger partial charge in [-0.05, 0) is 30.3 Å². The van der Waals surface area contributed by atoms with Gasteiger partial charge in [0, 0.05) is 5.56 Å². The van der Waals surface area contributed by atoms with E-state index in [1.54, 1.807) is 0 Å². The van der Waals surface area contributed by atoms with E-state index in [1.165, 1.54) is 18.2 Å². The molecule has 0 fully saturated rings. The molecule has 21 heavy (non-hydrogen) atoms. The number of para-hydroxylation sites is 1. The fourth-order valence-corrected chi connectivity index (χ4v) is 2.24. The standard InChI is InChI=1S/C13H8F3NO3S/c14-9-6-5-8(7-10(9)15)13(18)17-11-3-1-2-4-12(11)21(16,19)20/h1-7H,(H,17,18). The highest BCUT2D eigenvalue weighted by atomic mass is 32.3. The first-order valence-corrected chi connectivity index (χ1v) is 6.97. The number of carbonyl (C=O) groups is 1. The molecule has 4 nitrogen and oxygen atoms in total. The van der Waals surface area contributed by atoms with Crippen molar-refractivity contribution in [3.8, 4) is 0 Å². The molecule has 0 aliphatic rings. The fraction of sp³-hybridized carbons (Fsp3) is 0. The highest BCUT2D eigenvalue weighted by molar-refractivity contribution is 7.86. The van der Waals surface area contributed by atoms with E-state index in [0.717, 1.165) is 18.2 Å². The van der Waals surface area contributed by atoms with Crippen molar-refractivity contribution in [2.24, 2.45) is 0 Å². The van der Waals surface area contributed by atoms with E-state index in [-0.39, 0.29) is 11.3 Å². The van der Waals surface area contributed by atoms with Crippen molar-refractivity contribution < 1.29 is 25.9 Å². The Morgan fingerprint density at radius 3 is 2.29 bits per heavy atom. The lowest BCUT2D eigenvalue weighted by molar-refractivity contribution is 0.102. The Balaban J connectivity index is 2.34. The van der Waals surface area contributed by atoms with E-state index < -0.39 is 32.7 Å². The third kappa shape index (κ3) is 3.40. The molecular weight excluding hydrogens is 307 g/mol. The third-order valence-electron chi connectivity index (χ3n) is 2.58. The zero-order chi connectivity index (χ0) is 15.6. The lowest BCUT2D eigenvalue weighted by Crippen LogP contribution is -2.14. The van der Waals surface area contributed by atoms with Gasteiger partial charge < -0.3 is 5.32 Å². The van der Waals surface area contributed by atoms with Gasteiger partial charge in [-0.1, -0.05) is 12.1 Å². The number of carbonyl (C=O) groups excluding carboxylic acids is 1. The minimum Gasteiger partial charge on any atom is -0.321 e. The normalized spacial score (nSPS) is 11.2. The minimum absolute atomic E-state index is 0.236. The molecule has 0 aromatic heterocycles. The van der Waals surface area contributed by atoms with Gasteiger partial charge in [-0.15, -0.1) is 3.89 Å². The molecule has 2 aromatic carbocycles. The molecular formula is C13H8F3NO3S. The van der Waals surface area contributed by atoms with Gasteiger partial charge in [-0.25, -0.2) is 8.78 Å². The first-order valence-electron chi connectivity index (χ1n) is 5.59. The van der Waals surface area contributed by atoms with Crippen LogP contribution < -0.4 is 5.32 Å². The summed E-state index contributed by atoms with van der Waals surface area (Å²) in [5.41, 5.74) is -0.533. The van der Waals surface area contributed by atoms with Crippen molar-refractivity contribution in [1.82, 2.24) is 0 Å². The van der Waals surface area contributed by atoms with Crippen LogP contribution in [0.3, 0.4) is 0 Å². The molecule has 0 aliphatic heterocycles. The van der Waals surface area contributed by atoms with Crippen LogP contribution in [0.15, 0.2) is 47.4 Å². The molecule has 0 saturated heterocycles. The van der Waals surface area contributed by atoms with E-state index in [2.05, 4.69) is 5.32 Å². The Bertz CT molecular complexity index is 806. The first-order chi connectivity index (χ1) is 9.79. The molecule has 2 aromatic rings. The number of hydrogen-bond donors (Lipinski definition) is 1. The van der Waals surface area contributed by atoms with Crippen LogP contribution in [0.25, 0.3) is 0 Å². The van der Waals surface area contributed by atoms with E-state index in [4.69, 9.17) is 0 Å². The SMILES string of the molecule is O=C(Nc1ccccc1S(=O)(=O)F)c1ccc(F)c(F)c1. The van der Waals surface area contributed by atoms with Crippen LogP contribution in [0, 0.1) is 11.6 Å². The topological polar surface area (TPSA) is 63.2 Å². The molecule has 1 N–H and O–H groups in total. The molecule has 0 spiro atoms. The van der Waals surface area contributed by atoms with Gasteiger partial charge in [0.25, 0.3) is 5.91 Å². The van der Waals surface area contributed by atoms with E-state index in [9.17, 15) is 25.9 Å². The lowest BCUT2D eigenvalue weighted by atomic mass is 10.2. The Hall–Kier alpha value is -2.35. The summed E-state index contributed by atoms with van der Waals surface area (Å²) >= 11 is 0. The van der Waals surface area contributed by atoms with Crippen LogP contribution in [0.4, 0.5) is 18.4 Å². The fourth-order valence-electron chi connectivity index (χ4n) is 1.61. The van der Waals surface area contributed by atoms with Crippen molar-refractivity contribution in [2.75, 3.05) is 5.32 Å². The predicted molar refractivity (Wildman–Crippen MR) is 69.0 cm³/mol. The van der Waals surface area contributed by atoms with Crippen molar-refractivity contribution in [1.29, 1.82) is 0 Å². The molecule has 0 unspecified atom stereocenters. The number of benzene rings is 2. The third-order valence-corrected chi connectivity index (χ3v) is 3.46. The quantitative estimate of drug-likeness (QED) is 0.886. The average molecular weight is 315 g/mol. The van der Waals surface area contributed by atoms with E-state index in [0.29, 0.717) is 6.07 Å². The maximum Gasteiger partial charge on any atom is 0.334 e. The average Bonchev–Trinajstić information content (AvgIpc) is 2.41. The first kappa shape index (κ1) is 15.0. The smallest absolute Gasteiger partial charge is 0.321 e. The van der Waals surface area contributed by atoms with Gasteiger partial charge in [0.15, 0.2) is 11.6 Å². The molecule has 8 heteroatoms. The van der Waals surface area contributed by atoms with E-state index >= 15 is 0 Å². The van der Waals surface area contributed by atoms with Crippen molar-refractivity contribution in [2.45, 2.75) is 4.90 Å². The molecule has 0 atom stereocenters. The Labute approximate surface area is 118 Å². The van der Waals surface area contributed by atoms with Gasteiger partial charge in [-0.2, -0.15) is 8.42 Å². The molecule has 0 saturated carbocycles. The highest BCUT2D eigenvalue weighted by Gasteiger charge is 2.19. The molecule has 110 valence electrons. The molecule has 0 radical (unpaired) electrons. The van der Waals surface area contributed by atoms with Crippen LogP contribution >= 0.6 is 0 Å². The second-order valence-electron chi connectivity index (χ2n) is 4.02. The van der Waals surface area contributed by atoms with Crippen LogP contribution in [0.2, 0.25) is 0 Å². The number of hydrogen-bond acceptors (Lipinski definition) is 3. The predicted octanol–water partition coefficient (Wildman–Crippen LogP) is 2.88. The number of amides is 1. The van der Waals surface area contributed by atoms with Crippen molar-refractivity contribution in [3.63, 3.8) is 0 Å². The summed E-state index contributed by atoms with van der Waals surface area (Å²) in [6.45, 7) is 0. The summed E-state index contributed by atoms with van der Waals surface area (Å²) in [7, 11) is -5.02. The van der Waals surface area contributed by atoms with Gasteiger partial charge in [0.2, 0.25) is 0 Å². The van der Waals surface area contributed by atoms with Gasteiger partial charge >= 0.3 is 10.2 Å². The summed E-state index contributed by atoms with van der Waals surface area (Å²) < 4.78 is 60.8. The van der Waals surface area contributed by atoms with Crippen LogP contribution in [-0.4, -0.2) is 14.3 Å². The van der Waals surface area contributed by atoms with Gasteiger partial charge in [0.1, 0.15) is 4.90 Å². The summed E-state index contributed by atoms with van der Waals surface area (Å²) in [6.07, 6.45) is 0. The maximum atomic E-state index is 13.1. The molecule has 2 rings (SSSR count). The van der Waals surface area contributed by atoms with Crippen LogP contribution in [0.1, 0.15) is 10.4 Å². The zero-order valence-electron chi connectivity index (χ0n) is 10.3.